The van der Waals surface area contributed by atoms with Crippen LogP contribution in [0.2, 0.25) is 0 Å². The Morgan fingerprint density at radius 1 is 1.40 bits per heavy atom. The summed E-state index contributed by atoms with van der Waals surface area (Å²) in [6.07, 6.45) is -0.266. The molecule has 1 saturated heterocycles. The van der Waals surface area contributed by atoms with E-state index in [1.807, 2.05) is 16.8 Å². The third kappa shape index (κ3) is 5.30. The summed E-state index contributed by atoms with van der Waals surface area (Å²) in [6.45, 7) is 0.982. The number of amides is 1. The van der Waals surface area contributed by atoms with E-state index >= 15 is 0 Å². The highest BCUT2D eigenvalue weighted by Crippen LogP contribution is 2.20. The molecule has 0 spiro atoms. The van der Waals surface area contributed by atoms with Crippen molar-refractivity contribution in [1.29, 1.82) is 0 Å². The lowest BCUT2D eigenvalue weighted by molar-refractivity contribution is -0.122. The molecule has 25 heavy (non-hydrogen) atoms. The molecule has 0 aromatic carbocycles. The summed E-state index contributed by atoms with van der Waals surface area (Å²) in [5.74, 6) is 0.814. The summed E-state index contributed by atoms with van der Waals surface area (Å²) < 4.78 is 30.2. The Morgan fingerprint density at radius 2 is 2.20 bits per heavy atom. The second kappa shape index (κ2) is 8.48. The number of thiophene rings is 1. The molecule has 0 saturated carbocycles. The number of halogens is 2. The van der Waals surface area contributed by atoms with Gasteiger partial charge in [0.05, 0.1) is 6.54 Å². The molecule has 1 aliphatic rings. The van der Waals surface area contributed by atoms with E-state index in [0.29, 0.717) is 44.1 Å². The van der Waals surface area contributed by atoms with Crippen molar-refractivity contribution in [1.82, 2.24) is 20.4 Å². The molecule has 2 aromatic heterocycles. The van der Waals surface area contributed by atoms with Gasteiger partial charge in [0.1, 0.15) is 0 Å². The van der Waals surface area contributed by atoms with Crippen LogP contribution in [0, 0.1) is 0 Å². The fourth-order valence-electron chi connectivity index (χ4n) is 2.83. The molecule has 9 heteroatoms. The quantitative estimate of drug-likeness (QED) is 0.811. The van der Waals surface area contributed by atoms with Gasteiger partial charge in [-0.25, -0.2) is 8.78 Å². The number of carbonyl (C=O) groups is 1. The van der Waals surface area contributed by atoms with Gasteiger partial charge in [0.25, 0.3) is 6.43 Å². The number of carbonyl (C=O) groups excluding carboxylic acids is 1. The Hall–Kier alpha value is -1.87. The maximum Gasteiger partial charge on any atom is 0.251 e. The molecule has 1 fully saturated rings. The van der Waals surface area contributed by atoms with E-state index < -0.39 is 6.43 Å². The number of piperidine rings is 1. The van der Waals surface area contributed by atoms with Crippen LogP contribution in [0.25, 0.3) is 11.5 Å². The monoisotopic (exact) mass is 370 g/mol. The van der Waals surface area contributed by atoms with Gasteiger partial charge in [-0.15, -0.1) is 10.2 Å². The number of nitrogens with one attached hydrogen (secondary N) is 1. The fraction of sp³-hybridized carbons (Fsp3) is 0.562. The van der Waals surface area contributed by atoms with Crippen LogP contribution in [-0.4, -0.2) is 53.1 Å². The number of aromatic nitrogens is 2. The van der Waals surface area contributed by atoms with Crippen molar-refractivity contribution in [3.8, 4) is 11.5 Å². The summed E-state index contributed by atoms with van der Waals surface area (Å²) in [5.41, 5.74) is 0.878. The summed E-state index contributed by atoms with van der Waals surface area (Å²) in [7, 11) is 0. The molecule has 6 nitrogen and oxygen atoms in total. The number of nitrogens with zero attached hydrogens (tertiary/aromatic N) is 3. The average molecular weight is 370 g/mol. The van der Waals surface area contributed by atoms with Crippen LogP contribution in [0.4, 0.5) is 8.78 Å². The van der Waals surface area contributed by atoms with Gasteiger partial charge >= 0.3 is 0 Å². The molecular weight excluding hydrogens is 350 g/mol. The Kier molecular flexibility index (Phi) is 6.09. The second-order valence-electron chi connectivity index (χ2n) is 6.05. The van der Waals surface area contributed by atoms with Gasteiger partial charge in [-0.2, -0.15) is 11.3 Å². The van der Waals surface area contributed by atoms with Crippen LogP contribution in [0.3, 0.4) is 0 Å². The highest BCUT2D eigenvalue weighted by Gasteiger charge is 2.22. The highest BCUT2D eigenvalue weighted by atomic mass is 32.1. The van der Waals surface area contributed by atoms with E-state index in [2.05, 4.69) is 15.5 Å². The Bertz CT molecular complexity index is 669. The zero-order valence-electron chi connectivity index (χ0n) is 13.7. The topological polar surface area (TPSA) is 71.3 Å². The molecule has 0 bridgehead atoms. The van der Waals surface area contributed by atoms with E-state index in [1.54, 1.807) is 16.2 Å². The van der Waals surface area contributed by atoms with Crippen LogP contribution in [-0.2, 0) is 11.2 Å². The van der Waals surface area contributed by atoms with Crippen molar-refractivity contribution in [2.75, 3.05) is 19.6 Å². The molecule has 3 rings (SSSR count). The molecule has 1 aliphatic heterocycles. The second-order valence-corrected chi connectivity index (χ2v) is 6.83. The minimum absolute atomic E-state index is 0.0467. The minimum atomic E-state index is -2.31. The molecule has 1 amide bonds. The van der Waals surface area contributed by atoms with Crippen LogP contribution in [0.5, 0.6) is 0 Å². The number of likely N-dealkylation sites (tertiary alicyclic amines) is 1. The smallest absolute Gasteiger partial charge is 0.251 e. The molecule has 3 heterocycles. The maximum atomic E-state index is 12.3. The number of aryl methyl sites for hydroxylation is 1. The summed E-state index contributed by atoms with van der Waals surface area (Å²) >= 11 is 1.55. The van der Waals surface area contributed by atoms with E-state index in [4.69, 9.17) is 4.42 Å². The fourth-order valence-corrected chi connectivity index (χ4v) is 3.46. The molecule has 0 aliphatic carbocycles. The zero-order valence-corrected chi connectivity index (χ0v) is 14.5. The van der Waals surface area contributed by atoms with Crippen LogP contribution < -0.4 is 5.32 Å². The van der Waals surface area contributed by atoms with Crippen molar-refractivity contribution in [3.63, 3.8) is 0 Å². The zero-order chi connectivity index (χ0) is 17.6. The highest BCUT2D eigenvalue weighted by molar-refractivity contribution is 7.08. The molecular formula is C16H20F2N4O2S. The predicted molar refractivity (Wildman–Crippen MR) is 89.5 cm³/mol. The standard InChI is InChI=1S/C16H20F2N4O2S/c17-13(18)9-22-6-3-12(4-7-22)19-14(23)1-2-15-20-21-16(24-15)11-5-8-25-10-11/h5,8,10,12-13H,1-4,6-7,9H2,(H,19,23). The third-order valence-corrected chi connectivity index (χ3v) is 4.83. The number of hydrogen-bond acceptors (Lipinski definition) is 6. The van der Waals surface area contributed by atoms with Gasteiger partial charge in [-0.05, 0) is 24.3 Å². The van der Waals surface area contributed by atoms with Gasteiger partial charge in [0.2, 0.25) is 17.7 Å². The summed E-state index contributed by atoms with van der Waals surface area (Å²) in [4.78, 5) is 13.8. The van der Waals surface area contributed by atoms with E-state index in [0.717, 1.165) is 5.56 Å². The van der Waals surface area contributed by atoms with Gasteiger partial charge in [-0.3, -0.25) is 9.69 Å². The van der Waals surface area contributed by atoms with Gasteiger partial charge in [0, 0.05) is 42.9 Å². The van der Waals surface area contributed by atoms with Crippen LogP contribution in [0.15, 0.2) is 21.2 Å². The van der Waals surface area contributed by atoms with E-state index in [9.17, 15) is 13.6 Å². The first-order valence-electron chi connectivity index (χ1n) is 8.25. The van der Waals surface area contributed by atoms with E-state index in [1.165, 1.54) is 0 Å². The average Bonchev–Trinajstić information content (AvgIpc) is 3.25. The summed E-state index contributed by atoms with van der Waals surface area (Å²) in [5, 5.41) is 14.7. The lowest BCUT2D eigenvalue weighted by Gasteiger charge is -2.32. The van der Waals surface area contributed by atoms with Crippen molar-refractivity contribution in [2.24, 2.45) is 0 Å². The van der Waals surface area contributed by atoms with Gasteiger partial charge in [0.15, 0.2) is 0 Å². The van der Waals surface area contributed by atoms with E-state index in [-0.39, 0.29) is 24.9 Å². The lowest BCUT2D eigenvalue weighted by atomic mass is 10.0. The SMILES string of the molecule is O=C(CCc1nnc(-c2ccsc2)o1)NC1CCN(CC(F)F)CC1. The van der Waals surface area contributed by atoms with Crippen molar-refractivity contribution in [2.45, 2.75) is 38.2 Å². The maximum absolute atomic E-state index is 12.3. The van der Waals surface area contributed by atoms with Gasteiger partial charge in [-0.1, -0.05) is 0 Å². The van der Waals surface area contributed by atoms with Crippen molar-refractivity contribution < 1.29 is 18.0 Å². The summed E-state index contributed by atoms with van der Waals surface area (Å²) in [6, 6.07) is 1.94. The lowest BCUT2D eigenvalue weighted by Crippen LogP contribution is -2.45. The Morgan fingerprint density at radius 3 is 2.88 bits per heavy atom. The van der Waals surface area contributed by atoms with Crippen molar-refractivity contribution >= 4 is 17.2 Å². The first-order valence-corrected chi connectivity index (χ1v) is 9.19. The molecule has 136 valence electrons. The molecule has 0 radical (unpaired) electrons. The minimum Gasteiger partial charge on any atom is -0.421 e. The predicted octanol–water partition coefficient (Wildman–Crippen LogP) is 2.58. The third-order valence-electron chi connectivity index (χ3n) is 4.15. The first-order chi connectivity index (χ1) is 12.1. The number of alkyl halides is 2. The van der Waals surface area contributed by atoms with Crippen LogP contribution >= 0.6 is 11.3 Å². The van der Waals surface area contributed by atoms with Crippen LogP contribution in [0.1, 0.15) is 25.2 Å². The first kappa shape index (κ1) is 17.9. The molecule has 0 unspecified atom stereocenters. The molecule has 1 N–H and O–H groups in total. The largest absolute Gasteiger partial charge is 0.421 e. The van der Waals surface area contributed by atoms with Gasteiger partial charge < -0.3 is 9.73 Å². The number of hydrogen-bond donors (Lipinski definition) is 1. The molecule has 0 atom stereocenters. The van der Waals surface area contributed by atoms with Crippen molar-refractivity contribution in [3.05, 3.63) is 22.7 Å². The number of rotatable bonds is 7. The molecule has 2 aromatic rings. The Labute approximate surface area is 148 Å². The Balaban J connectivity index is 1.39. The normalized spacial score (nSPS) is 16.4.